The zero-order valence-electron chi connectivity index (χ0n) is 8.80. The minimum Gasteiger partial charge on any atom is -0.361 e. The van der Waals surface area contributed by atoms with Crippen LogP contribution in [0.5, 0.6) is 0 Å². The van der Waals surface area contributed by atoms with E-state index in [1.807, 2.05) is 10.6 Å². The number of nitrogens with one attached hydrogen (secondary N) is 1. The Morgan fingerprint density at radius 2 is 1.94 bits per heavy atom. The summed E-state index contributed by atoms with van der Waals surface area (Å²) in [5.74, 6) is 0. The standard InChI is InChI=1S/C12H12N4/c1-2-4-12-11(3-1)10(7-13-12)5-6-16-8-14-15-9-16/h1-4,7-9,13H,5-6H2. The van der Waals surface area contributed by atoms with Crippen molar-refractivity contribution in [3.63, 3.8) is 0 Å². The fourth-order valence-corrected chi connectivity index (χ4v) is 1.93. The highest BCUT2D eigenvalue weighted by Gasteiger charge is 2.02. The largest absolute Gasteiger partial charge is 0.361 e. The van der Waals surface area contributed by atoms with Crippen LogP contribution < -0.4 is 0 Å². The Labute approximate surface area is 92.9 Å². The van der Waals surface area contributed by atoms with E-state index in [2.05, 4.69) is 39.6 Å². The molecule has 80 valence electrons. The summed E-state index contributed by atoms with van der Waals surface area (Å²) in [5, 5.41) is 8.88. The van der Waals surface area contributed by atoms with Crippen LogP contribution in [0.3, 0.4) is 0 Å². The summed E-state index contributed by atoms with van der Waals surface area (Å²) in [5.41, 5.74) is 2.53. The van der Waals surface area contributed by atoms with Gasteiger partial charge in [-0.3, -0.25) is 0 Å². The van der Waals surface area contributed by atoms with Crippen molar-refractivity contribution >= 4 is 10.9 Å². The maximum absolute atomic E-state index is 3.79. The number of para-hydroxylation sites is 1. The van der Waals surface area contributed by atoms with Gasteiger partial charge in [0.25, 0.3) is 0 Å². The number of aryl methyl sites for hydroxylation is 2. The number of hydrogen-bond donors (Lipinski definition) is 1. The lowest BCUT2D eigenvalue weighted by molar-refractivity contribution is 0.696. The van der Waals surface area contributed by atoms with Crippen LogP contribution in [-0.4, -0.2) is 19.7 Å². The number of H-pyrrole nitrogens is 1. The van der Waals surface area contributed by atoms with Crippen LogP contribution in [0.25, 0.3) is 10.9 Å². The predicted octanol–water partition coefficient (Wildman–Crippen LogP) is 2.00. The van der Waals surface area contributed by atoms with Gasteiger partial charge in [0.2, 0.25) is 0 Å². The number of benzene rings is 1. The van der Waals surface area contributed by atoms with Gasteiger partial charge in [-0.1, -0.05) is 18.2 Å². The van der Waals surface area contributed by atoms with E-state index in [4.69, 9.17) is 0 Å². The first-order chi connectivity index (χ1) is 7.93. The minimum atomic E-state index is 0.912. The molecular weight excluding hydrogens is 200 g/mol. The molecule has 0 amide bonds. The lowest BCUT2D eigenvalue weighted by atomic mass is 10.1. The molecule has 0 saturated carbocycles. The molecule has 4 nitrogen and oxygen atoms in total. The molecule has 3 aromatic rings. The van der Waals surface area contributed by atoms with Crippen molar-refractivity contribution in [1.29, 1.82) is 0 Å². The van der Waals surface area contributed by atoms with Gasteiger partial charge < -0.3 is 9.55 Å². The average Bonchev–Trinajstić information content (AvgIpc) is 2.96. The number of aromatic nitrogens is 4. The second-order valence-electron chi connectivity index (χ2n) is 3.81. The molecular formula is C12H12N4. The fourth-order valence-electron chi connectivity index (χ4n) is 1.93. The monoisotopic (exact) mass is 212 g/mol. The smallest absolute Gasteiger partial charge is 0.119 e. The molecule has 2 heterocycles. The highest BCUT2D eigenvalue weighted by molar-refractivity contribution is 5.82. The van der Waals surface area contributed by atoms with Crippen LogP contribution in [0.15, 0.2) is 43.1 Å². The fraction of sp³-hybridized carbons (Fsp3) is 0.167. The molecule has 0 radical (unpaired) electrons. The Kier molecular flexibility index (Phi) is 2.18. The van der Waals surface area contributed by atoms with E-state index in [1.54, 1.807) is 12.7 Å². The summed E-state index contributed by atoms with van der Waals surface area (Å²) in [6.45, 7) is 0.912. The molecule has 1 N–H and O–H groups in total. The van der Waals surface area contributed by atoms with Crippen LogP contribution in [0, 0.1) is 0 Å². The number of fused-ring (bicyclic) bond motifs is 1. The van der Waals surface area contributed by atoms with Crippen LogP contribution in [0.2, 0.25) is 0 Å². The van der Waals surface area contributed by atoms with E-state index < -0.39 is 0 Å². The molecule has 0 aliphatic heterocycles. The molecule has 0 aliphatic carbocycles. The van der Waals surface area contributed by atoms with E-state index >= 15 is 0 Å². The van der Waals surface area contributed by atoms with Gasteiger partial charge in [0.15, 0.2) is 0 Å². The Hall–Kier alpha value is -2.10. The number of hydrogen-bond acceptors (Lipinski definition) is 2. The number of nitrogens with zero attached hydrogens (tertiary/aromatic N) is 3. The van der Waals surface area contributed by atoms with Gasteiger partial charge in [0, 0.05) is 23.6 Å². The van der Waals surface area contributed by atoms with E-state index in [0.29, 0.717) is 0 Å². The third-order valence-electron chi connectivity index (χ3n) is 2.78. The van der Waals surface area contributed by atoms with Crippen LogP contribution in [0.1, 0.15) is 5.56 Å². The summed E-state index contributed by atoms with van der Waals surface area (Å²) in [6.07, 6.45) is 6.56. The first-order valence-corrected chi connectivity index (χ1v) is 5.31. The van der Waals surface area contributed by atoms with Gasteiger partial charge in [0.1, 0.15) is 12.7 Å². The molecule has 0 bridgehead atoms. The van der Waals surface area contributed by atoms with E-state index in [9.17, 15) is 0 Å². The van der Waals surface area contributed by atoms with Crippen LogP contribution in [0.4, 0.5) is 0 Å². The second-order valence-corrected chi connectivity index (χ2v) is 3.81. The zero-order chi connectivity index (χ0) is 10.8. The number of aromatic amines is 1. The average molecular weight is 212 g/mol. The van der Waals surface area contributed by atoms with E-state index in [-0.39, 0.29) is 0 Å². The lowest BCUT2D eigenvalue weighted by Crippen LogP contribution is -1.97. The predicted molar refractivity (Wildman–Crippen MR) is 62.0 cm³/mol. The van der Waals surface area contributed by atoms with Crippen LogP contribution in [-0.2, 0) is 13.0 Å². The Bertz CT molecular complexity index is 580. The van der Waals surface area contributed by atoms with Crippen molar-refractivity contribution in [2.75, 3.05) is 0 Å². The van der Waals surface area contributed by atoms with Gasteiger partial charge in [0.05, 0.1) is 0 Å². The topological polar surface area (TPSA) is 46.5 Å². The summed E-state index contributed by atoms with van der Waals surface area (Å²) in [7, 11) is 0. The highest BCUT2D eigenvalue weighted by Crippen LogP contribution is 2.18. The second kappa shape index (κ2) is 3.81. The molecule has 4 heteroatoms. The van der Waals surface area contributed by atoms with Gasteiger partial charge in [-0.05, 0) is 18.1 Å². The maximum atomic E-state index is 3.79. The number of rotatable bonds is 3. The van der Waals surface area contributed by atoms with Crippen LogP contribution >= 0.6 is 0 Å². The maximum Gasteiger partial charge on any atom is 0.119 e. The van der Waals surface area contributed by atoms with Crippen molar-refractivity contribution < 1.29 is 0 Å². The molecule has 0 saturated heterocycles. The molecule has 0 aliphatic rings. The molecule has 0 fully saturated rings. The first-order valence-electron chi connectivity index (χ1n) is 5.31. The van der Waals surface area contributed by atoms with Crippen molar-refractivity contribution in [3.8, 4) is 0 Å². The van der Waals surface area contributed by atoms with Gasteiger partial charge in [-0.2, -0.15) is 0 Å². The van der Waals surface area contributed by atoms with Crippen molar-refractivity contribution in [2.24, 2.45) is 0 Å². The van der Waals surface area contributed by atoms with E-state index in [1.165, 1.54) is 16.5 Å². The third-order valence-corrected chi connectivity index (χ3v) is 2.78. The van der Waals surface area contributed by atoms with E-state index in [0.717, 1.165) is 13.0 Å². The van der Waals surface area contributed by atoms with Gasteiger partial charge in [-0.15, -0.1) is 10.2 Å². The summed E-state index contributed by atoms with van der Waals surface area (Å²) >= 11 is 0. The van der Waals surface area contributed by atoms with Crippen molar-refractivity contribution in [1.82, 2.24) is 19.7 Å². The quantitative estimate of drug-likeness (QED) is 0.721. The molecule has 2 aromatic heterocycles. The lowest BCUT2D eigenvalue weighted by Gasteiger charge is -1.99. The molecule has 0 atom stereocenters. The van der Waals surface area contributed by atoms with Crippen molar-refractivity contribution in [2.45, 2.75) is 13.0 Å². The van der Waals surface area contributed by atoms with Gasteiger partial charge >= 0.3 is 0 Å². The summed E-state index contributed by atoms with van der Waals surface area (Å²) < 4.78 is 1.99. The highest BCUT2D eigenvalue weighted by atomic mass is 15.2. The minimum absolute atomic E-state index is 0.912. The zero-order valence-corrected chi connectivity index (χ0v) is 8.80. The normalized spacial score (nSPS) is 11.0. The Morgan fingerprint density at radius 1 is 1.12 bits per heavy atom. The van der Waals surface area contributed by atoms with Gasteiger partial charge in [-0.25, -0.2) is 0 Å². The summed E-state index contributed by atoms with van der Waals surface area (Å²) in [6, 6.07) is 8.35. The molecule has 0 spiro atoms. The molecule has 16 heavy (non-hydrogen) atoms. The Balaban J connectivity index is 1.84. The molecule has 3 rings (SSSR count). The SMILES string of the molecule is c1ccc2c(CCn3cnnc3)c[nH]c2c1. The first kappa shape index (κ1) is 9.15. The summed E-state index contributed by atoms with van der Waals surface area (Å²) in [4.78, 5) is 3.28. The van der Waals surface area contributed by atoms with Crippen molar-refractivity contribution in [3.05, 3.63) is 48.7 Å². The molecule has 1 aromatic carbocycles. The Morgan fingerprint density at radius 3 is 2.81 bits per heavy atom. The molecule has 0 unspecified atom stereocenters. The third kappa shape index (κ3) is 1.58.